The molecule has 23 heavy (non-hydrogen) atoms. The summed E-state index contributed by atoms with van der Waals surface area (Å²) in [5.74, 6) is 0.952. The summed E-state index contributed by atoms with van der Waals surface area (Å²) in [7, 11) is 0. The maximum Gasteiger partial charge on any atom is 0.196 e. The van der Waals surface area contributed by atoms with E-state index >= 15 is 0 Å². The van der Waals surface area contributed by atoms with Gasteiger partial charge in [0.05, 0.1) is 0 Å². The molecule has 1 aromatic carbocycles. The first-order valence-electron chi connectivity index (χ1n) is 8.51. The van der Waals surface area contributed by atoms with Crippen LogP contribution in [0.2, 0.25) is 0 Å². The van der Waals surface area contributed by atoms with Gasteiger partial charge in [0.2, 0.25) is 0 Å². The second kappa shape index (κ2) is 5.20. The van der Waals surface area contributed by atoms with Crippen LogP contribution in [-0.4, -0.2) is 47.1 Å². The van der Waals surface area contributed by atoms with Crippen molar-refractivity contribution in [3.05, 3.63) is 30.6 Å². The van der Waals surface area contributed by atoms with E-state index in [9.17, 15) is 0 Å². The van der Waals surface area contributed by atoms with Crippen LogP contribution in [0.4, 0.5) is 5.82 Å². The Hall–Kier alpha value is -2.14. The van der Waals surface area contributed by atoms with E-state index in [1.54, 1.807) is 6.33 Å². The molecule has 0 radical (unpaired) electrons. The first-order chi connectivity index (χ1) is 11.4. The van der Waals surface area contributed by atoms with E-state index in [1.165, 1.54) is 32.4 Å². The minimum Gasteiger partial charge on any atom is -0.450 e. The number of anilines is 1. The third kappa shape index (κ3) is 2.10. The van der Waals surface area contributed by atoms with Gasteiger partial charge in [0.15, 0.2) is 11.4 Å². The highest BCUT2D eigenvalue weighted by molar-refractivity contribution is 6.05. The molecule has 118 valence electrons. The summed E-state index contributed by atoms with van der Waals surface area (Å²) in [5, 5.41) is 1.07. The fourth-order valence-electron chi connectivity index (χ4n) is 4.08. The zero-order chi connectivity index (χ0) is 15.2. The lowest BCUT2D eigenvalue weighted by molar-refractivity contribution is 0.260. The van der Waals surface area contributed by atoms with E-state index in [0.717, 1.165) is 41.0 Å². The van der Waals surface area contributed by atoms with Crippen LogP contribution < -0.4 is 4.90 Å². The Labute approximate surface area is 134 Å². The zero-order valence-corrected chi connectivity index (χ0v) is 13.1. The quantitative estimate of drug-likeness (QED) is 0.728. The summed E-state index contributed by atoms with van der Waals surface area (Å²) in [5.41, 5.74) is 2.64. The highest BCUT2D eigenvalue weighted by Gasteiger charge is 2.31. The van der Waals surface area contributed by atoms with Gasteiger partial charge in [-0.05, 0) is 44.5 Å². The molecule has 5 rings (SSSR count). The van der Waals surface area contributed by atoms with Crippen molar-refractivity contribution in [2.75, 3.05) is 31.1 Å². The summed E-state index contributed by atoms with van der Waals surface area (Å²) in [4.78, 5) is 14.0. The van der Waals surface area contributed by atoms with Crippen molar-refractivity contribution in [3.8, 4) is 0 Å². The van der Waals surface area contributed by atoms with Gasteiger partial charge in [0.1, 0.15) is 17.4 Å². The van der Waals surface area contributed by atoms with E-state index < -0.39 is 0 Å². The highest BCUT2D eigenvalue weighted by Crippen LogP contribution is 2.34. The van der Waals surface area contributed by atoms with Crippen LogP contribution in [0, 0.1) is 0 Å². The topological polar surface area (TPSA) is 45.4 Å². The Morgan fingerprint density at radius 3 is 2.83 bits per heavy atom. The minimum atomic E-state index is 0.659. The van der Waals surface area contributed by atoms with Crippen molar-refractivity contribution in [1.29, 1.82) is 0 Å². The number of hydrogen-bond acceptors (Lipinski definition) is 5. The summed E-state index contributed by atoms with van der Waals surface area (Å²) in [6.07, 6.45) is 5.57. The molecule has 0 amide bonds. The van der Waals surface area contributed by atoms with Gasteiger partial charge in [-0.1, -0.05) is 12.1 Å². The monoisotopic (exact) mass is 308 g/mol. The summed E-state index contributed by atoms with van der Waals surface area (Å²) in [6, 6.07) is 8.74. The number of likely N-dealkylation sites (tertiary alicyclic amines) is 1. The Balaban J connectivity index is 1.53. The average molecular weight is 308 g/mol. The van der Waals surface area contributed by atoms with E-state index in [4.69, 9.17) is 4.42 Å². The van der Waals surface area contributed by atoms with Gasteiger partial charge in [0, 0.05) is 24.5 Å². The lowest BCUT2D eigenvalue weighted by Crippen LogP contribution is -2.35. The van der Waals surface area contributed by atoms with Crippen molar-refractivity contribution in [2.45, 2.75) is 25.3 Å². The molecule has 2 aromatic heterocycles. The van der Waals surface area contributed by atoms with Gasteiger partial charge >= 0.3 is 0 Å². The molecule has 1 atom stereocenters. The molecule has 3 aromatic rings. The van der Waals surface area contributed by atoms with Crippen LogP contribution in [0.3, 0.4) is 0 Å². The molecule has 0 N–H and O–H groups in total. The maximum absolute atomic E-state index is 6.08. The third-order valence-electron chi connectivity index (χ3n) is 5.26. The number of nitrogens with zero attached hydrogens (tertiary/aromatic N) is 4. The molecule has 2 saturated heterocycles. The SMILES string of the molecule is c1ccc2c(c1)oc1c(N3CC[C@H](N4CCCC4)C3)ncnc12. The van der Waals surface area contributed by atoms with Crippen molar-refractivity contribution in [1.82, 2.24) is 14.9 Å². The number of hydrogen-bond donors (Lipinski definition) is 0. The van der Waals surface area contributed by atoms with Crippen LogP contribution in [0.15, 0.2) is 35.0 Å². The van der Waals surface area contributed by atoms with Crippen LogP contribution >= 0.6 is 0 Å². The van der Waals surface area contributed by atoms with E-state index in [-0.39, 0.29) is 0 Å². The van der Waals surface area contributed by atoms with Gasteiger partial charge in [-0.3, -0.25) is 4.90 Å². The third-order valence-corrected chi connectivity index (χ3v) is 5.26. The Morgan fingerprint density at radius 1 is 1.04 bits per heavy atom. The molecule has 0 spiro atoms. The van der Waals surface area contributed by atoms with Gasteiger partial charge in [-0.2, -0.15) is 0 Å². The number of rotatable bonds is 2. The van der Waals surface area contributed by atoms with E-state index in [0.29, 0.717) is 6.04 Å². The number of furan rings is 1. The Bertz CT molecular complexity index is 852. The van der Waals surface area contributed by atoms with Crippen LogP contribution in [0.1, 0.15) is 19.3 Å². The summed E-state index contributed by atoms with van der Waals surface area (Å²) < 4.78 is 6.08. The highest BCUT2D eigenvalue weighted by atomic mass is 16.3. The van der Waals surface area contributed by atoms with Gasteiger partial charge < -0.3 is 9.32 Å². The van der Waals surface area contributed by atoms with Crippen molar-refractivity contribution in [3.63, 3.8) is 0 Å². The van der Waals surface area contributed by atoms with E-state index in [2.05, 4.69) is 25.8 Å². The van der Waals surface area contributed by atoms with Gasteiger partial charge in [-0.25, -0.2) is 9.97 Å². The van der Waals surface area contributed by atoms with Crippen LogP contribution in [0.5, 0.6) is 0 Å². The van der Waals surface area contributed by atoms with Crippen molar-refractivity contribution >= 4 is 27.9 Å². The molecular formula is C18H20N4O. The Morgan fingerprint density at radius 2 is 1.91 bits per heavy atom. The molecule has 4 heterocycles. The smallest absolute Gasteiger partial charge is 0.196 e. The first-order valence-corrected chi connectivity index (χ1v) is 8.51. The molecule has 0 aliphatic carbocycles. The lowest BCUT2D eigenvalue weighted by atomic mass is 10.2. The zero-order valence-electron chi connectivity index (χ0n) is 13.1. The van der Waals surface area contributed by atoms with E-state index in [1.807, 2.05) is 18.2 Å². The fraction of sp³-hybridized carbons (Fsp3) is 0.444. The normalized spacial score (nSPS) is 22.6. The maximum atomic E-state index is 6.08. The molecule has 5 heteroatoms. The van der Waals surface area contributed by atoms with Crippen LogP contribution in [-0.2, 0) is 0 Å². The molecule has 0 bridgehead atoms. The van der Waals surface area contributed by atoms with Gasteiger partial charge in [-0.15, -0.1) is 0 Å². The van der Waals surface area contributed by atoms with Gasteiger partial charge in [0.25, 0.3) is 0 Å². The number of para-hydroxylation sites is 1. The summed E-state index contributed by atoms with van der Waals surface area (Å²) in [6.45, 7) is 4.60. The Kier molecular flexibility index (Phi) is 3.01. The number of aromatic nitrogens is 2. The lowest BCUT2D eigenvalue weighted by Gasteiger charge is -2.23. The first kappa shape index (κ1) is 13.3. The molecule has 2 fully saturated rings. The molecule has 0 saturated carbocycles. The second-order valence-corrected chi connectivity index (χ2v) is 6.60. The standard InChI is InChI=1S/C18H20N4O/c1-2-6-15-14(5-1)16-17(23-15)18(20-12-19-16)22-10-7-13(11-22)21-8-3-4-9-21/h1-2,5-6,12-13H,3-4,7-11H2/t13-/m0/s1. The minimum absolute atomic E-state index is 0.659. The second-order valence-electron chi connectivity index (χ2n) is 6.60. The average Bonchev–Trinajstić information content (AvgIpc) is 3.32. The number of benzene rings is 1. The predicted molar refractivity (Wildman–Crippen MR) is 90.7 cm³/mol. The van der Waals surface area contributed by atoms with Crippen molar-refractivity contribution < 1.29 is 4.42 Å². The molecular weight excluding hydrogens is 288 g/mol. The largest absolute Gasteiger partial charge is 0.450 e. The van der Waals surface area contributed by atoms with Crippen molar-refractivity contribution in [2.24, 2.45) is 0 Å². The van der Waals surface area contributed by atoms with Crippen LogP contribution in [0.25, 0.3) is 22.1 Å². The molecule has 5 nitrogen and oxygen atoms in total. The fourth-order valence-corrected chi connectivity index (χ4v) is 4.08. The molecule has 2 aliphatic rings. The predicted octanol–water partition coefficient (Wildman–Crippen LogP) is 3.05. The number of fused-ring (bicyclic) bond motifs is 3. The molecule has 0 unspecified atom stereocenters. The summed E-state index contributed by atoms with van der Waals surface area (Å²) >= 11 is 0. The molecule has 2 aliphatic heterocycles.